The summed E-state index contributed by atoms with van der Waals surface area (Å²) in [6.45, 7) is 5.56. The minimum absolute atomic E-state index is 0.261. The molecule has 0 atom stereocenters. The van der Waals surface area contributed by atoms with Crippen LogP contribution in [0.3, 0.4) is 0 Å². The number of anilines is 1. The summed E-state index contributed by atoms with van der Waals surface area (Å²) in [6.07, 6.45) is 2.27. The second-order valence-electron chi connectivity index (χ2n) is 5.03. The molecule has 0 aromatic carbocycles. The molecule has 0 radical (unpaired) electrons. The second-order valence-corrected chi connectivity index (χ2v) is 5.03. The molecule has 1 aliphatic heterocycles. The molecule has 0 aliphatic carbocycles. The van der Waals surface area contributed by atoms with Crippen molar-refractivity contribution in [2.24, 2.45) is 0 Å². The molecular weight excluding hydrogens is 261 g/mol. The van der Waals surface area contributed by atoms with E-state index in [0.717, 1.165) is 6.42 Å². The van der Waals surface area contributed by atoms with Crippen molar-refractivity contribution in [3.05, 3.63) is 17.3 Å². The summed E-state index contributed by atoms with van der Waals surface area (Å²) in [5.74, 6) is 0.415. The Morgan fingerprint density at radius 2 is 2.05 bits per heavy atom. The molecule has 0 amide bonds. The largest absolute Gasteiger partial charge is 0.381 e. The second kappa shape index (κ2) is 6.45. The number of nitrogens with one attached hydrogen (secondary N) is 1. The molecule has 1 fully saturated rings. The van der Waals surface area contributed by atoms with E-state index in [1.807, 2.05) is 6.92 Å². The van der Waals surface area contributed by atoms with Crippen LogP contribution in [-0.2, 0) is 15.1 Å². The summed E-state index contributed by atoms with van der Waals surface area (Å²) >= 11 is 0. The molecule has 2 heterocycles. The lowest BCUT2D eigenvalue weighted by Gasteiger charge is -2.34. The van der Waals surface area contributed by atoms with E-state index in [-0.39, 0.29) is 11.6 Å². The van der Waals surface area contributed by atoms with Gasteiger partial charge in [0.1, 0.15) is 5.60 Å². The van der Waals surface area contributed by atoms with Crippen LogP contribution in [0, 0.1) is 12.7 Å². The summed E-state index contributed by atoms with van der Waals surface area (Å²) in [5.41, 5.74) is -0.226. The Labute approximate surface area is 118 Å². The van der Waals surface area contributed by atoms with Crippen molar-refractivity contribution < 1.29 is 13.9 Å². The lowest BCUT2D eigenvalue weighted by molar-refractivity contribution is -0.100. The molecule has 1 aliphatic rings. The third-order valence-electron chi connectivity index (χ3n) is 3.66. The Morgan fingerprint density at radius 3 is 2.65 bits per heavy atom. The first-order valence-corrected chi connectivity index (χ1v) is 7.04. The molecule has 0 spiro atoms. The van der Waals surface area contributed by atoms with Crippen molar-refractivity contribution in [3.8, 4) is 0 Å². The van der Waals surface area contributed by atoms with Crippen LogP contribution < -0.4 is 5.32 Å². The van der Waals surface area contributed by atoms with E-state index in [1.165, 1.54) is 0 Å². The molecule has 1 aromatic rings. The number of aromatic nitrogens is 2. The van der Waals surface area contributed by atoms with E-state index in [2.05, 4.69) is 15.3 Å². The van der Waals surface area contributed by atoms with E-state index in [1.54, 1.807) is 14.0 Å². The van der Waals surface area contributed by atoms with E-state index in [0.29, 0.717) is 44.1 Å². The molecule has 6 heteroatoms. The zero-order valence-corrected chi connectivity index (χ0v) is 12.3. The fourth-order valence-electron chi connectivity index (χ4n) is 2.34. The highest BCUT2D eigenvalue weighted by Gasteiger charge is 2.38. The maximum atomic E-state index is 14.0. The topological polar surface area (TPSA) is 56.3 Å². The first-order valence-electron chi connectivity index (χ1n) is 7.04. The molecule has 2 rings (SSSR count). The van der Waals surface area contributed by atoms with Gasteiger partial charge in [-0.25, -0.2) is 14.4 Å². The van der Waals surface area contributed by atoms with Crippen molar-refractivity contribution in [1.29, 1.82) is 0 Å². The highest BCUT2D eigenvalue weighted by atomic mass is 19.1. The summed E-state index contributed by atoms with van der Waals surface area (Å²) in [7, 11) is 1.65. The maximum Gasteiger partial charge on any atom is 0.186 e. The van der Waals surface area contributed by atoms with Crippen molar-refractivity contribution in [2.75, 3.05) is 32.2 Å². The minimum Gasteiger partial charge on any atom is -0.381 e. The normalized spacial score (nSPS) is 18.0. The highest BCUT2D eigenvalue weighted by Crippen LogP contribution is 2.34. The van der Waals surface area contributed by atoms with E-state index in [4.69, 9.17) is 9.47 Å². The van der Waals surface area contributed by atoms with Gasteiger partial charge in [-0.3, -0.25) is 0 Å². The standard InChI is InChI=1S/C14H22FN3O2/c1-4-7-16-12-11(15)10(2)17-13(18-12)14(19-3)5-8-20-9-6-14/h4-9H2,1-3H3,(H,16,17,18). The predicted molar refractivity (Wildman–Crippen MR) is 74.2 cm³/mol. The molecule has 1 N–H and O–H groups in total. The van der Waals surface area contributed by atoms with Gasteiger partial charge in [-0.15, -0.1) is 0 Å². The Bertz CT molecular complexity index is 462. The van der Waals surface area contributed by atoms with Crippen LogP contribution in [-0.4, -0.2) is 36.8 Å². The predicted octanol–water partition coefficient (Wildman–Crippen LogP) is 2.40. The lowest BCUT2D eigenvalue weighted by atomic mass is 9.93. The van der Waals surface area contributed by atoms with Gasteiger partial charge in [0, 0.05) is 39.7 Å². The van der Waals surface area contributed by atoms with Crippen LogP contribution in [0.2, 0.25) is 0 Å². The number of halogens is 1. The molecule has 0 bridgehead atoms. The first-order chi connectivity index (χ1) is 9.63. The Morgan fingerprint density at radius 1 is 1.35 bits per heavy atom. The van der Waals surface area contributed by atoms with Crippen molar-refractivity contribution >= 4 is 5.82 Å². The lowest BCUT2D eigenvalue weighted by Crippen LogP contribution is -2.37. The maximum absolute atomic E-state index is 14.0. The summed E-state index contributed by atoms with van der Waals surface area (Å²) in [4.78, 5) is 8.66. The van der Waals surface area contributed by atoms with Gasteiger partial charge in [0.25, 0.3) is 0 Å². The molecule has 5 nitrogen and oxygen atoms in total. The Balaban J connectivity index is 2.37. The minimum atomic E-state index is -0.570. The van der Waals surface area contributed by atoms with Gasteiger partial charge in [0.2, 0.25) is 0 Å². The quantitative estimate of drug-likeness (QED) is 0.899. The van der Waals surface area contributed by atoms with Crippen molar-refractivity contribution in [1.82, 2.24) is 9.97 Å². The van der Waals surface area contributed by atoms with Gasteiger partial charge >= 0.3 is 0 Å². The van der Waals surface area contributed by atoms with E-state index < -0.39 is 5.60 Å². The van der Waals surface area contributed by atoms with Crippen LogP contribution in [0.1, 0.15) is 37.7 Å². The molecule has 0 unspecified atom stereocenters. The number of rotatable bonds is 5. The monoisotopic (exact) mass is 283 g/mol. The highest BCUT2D eigenvalue weighted by molar-refractivity contribution is 5.38. The van der Waals surface area contributed by atoms with Crippen LogP contribution in [0.15, 0.2) is 0 Å². The Hall–Kier alpha value is -1.27. The molecule has 112 valence electrons. The summed E-state index contributed by atoms with van der Waals surface area (Å²) < 4.78 is 25.1. The third kappa shape index (κ3) is 2.91. The zero-order chi connectivity index (χ0) is 14.6. The van der Waals surface area contributed by atoms with Crippen LogP contribution in [0.4, 0.5) is 10.2 Å². The average Bonchev–Trinajstić information content (AvgIpc) is 2.49. The van der Waals surface area contributed by atoms with Crippen molar-refractivity contribution in [3.63, 3.8) is 0 Å². The van der Waals surface area contributed by atoms with Crippen molar-refractivity contribution in [2.45, 2.75) is 38.7 Å². The average molecular weight is 283 g/mol. The molecular formula is C14H22FN3O2. The zero-order valence-electron chi connectivity index (χ0n) is 12.3. The first kappa shape index (κ1) is 15.1. The number of hydrogen-bond acceptors (Lipinski definition) is 5. The van der Waals surface area contributed by atoms with E-state index >= 15 is 0 Å². The van der Waals surface area contributed by atoms with Gasteiger partial charge in [-0.2, -0.15) is 0 Å². The fraction of sp³-hybridized carbons (Fsp3) is 0.714. The number of ether oxygens (including phenoxy) is 2. The summed E-state index contributed by atoms with van der Waals surface area (Å²) in [5, 5.41) is 3.01. The van der Waals surface area contributed by atoms with Gasteiger partial charge < -0.3 is 14.8 Å². The number of hydrogen-bond donors (Lipinski definition) is 1. The van der Waals surface area contributed by atoms with Gasteiger partial charge in [0.05, 0.1) is 5.69 Å². The number of nitrogens with zero attached hydrogens (tertiary/aromatic N) is 2. The molecule has 20 heavy (non-hydrogen) atoms. The number of methoxy groups -OCH3 is 1. The van der Waals surface area contributed by atoms with Crippen LogP contribution >= 0.6 is 0 Å². The fourth-order valence-corrected chi connectivity index (χ4v) is 2.34. The van der Waals surface area contributed by atoms with Crippen LogP contribution in [0.25, 0.3) is 0 Å². The molecule has 1 saturated heterocycles. The molecule has 1 aromatic heterocycles. The number of aryl methyl sites for hydroxylation is 1. The van der Waals surface area contributed by atoms with Gasteiger partial charge in [-0.05, 0) is 13.3 Å². The van der Waals surface area contributed by atoms with E-state index in [9.17, 15) is 4.39 Å². The van der Waals surface area contributed by atoms with Crippen LogP contribution in [0.5, 0.6) is 0 Å². The van der Waals surface area contributed by atoms with Gasteiger partial charge in [0.15, 0.2) is 17.5 Å². The SMILES string of the molecule is CCCNc1nc(C2(OC)CCOCC2)nc(C)c1F. The Kier molecular flexibility index (Phi) is 4.88. The smallest absolute Gasteiger partial charge is 0.186 e. The van der Waals surface area contributed by atoms with Gasteiger partial charge in [-0.1, -0.05) is 6.92 Å². The summed E-state index contributed by atoms with van der Waals surface area (Å²) in [6, 6.07) is 0. The third-order valence-corrected chi connectivity index (χ3v) is 3.66. The molecule has 0 saturated carbocycles.